The minimum absolute atomic E-state index is 0.00383. The lowest BCUT2D eigenvalue weighted by Crippen LogP contribution is -2.38. The van der Waals surface area contributed by atoms with E-state index in [0.717, 1.165) is 6.42 Å². The van der Waals surface area contributed by atoms with Crippen molar-refractivity contribution < 1.29 is 4.74 Å². The number of hydrogen-bond acceptors (Lipinski definition) is 2. The number of hydrogen-bond donors (Lipinski definition) is 0. The van der Waals surface area contributed by atoms with Gasteiger partial charge >= 0.3 is 0 Å². The minimum Gasteiger partial charge on any atom is -0.350 e. The Hall–Kier alpha value is -0.370. The van der Waals surface area contributed by atoms with Crippen molar-refractivity contribution in [2.24, 2.45) is 10.9 Å². The van der Waals surface area contributed by atoms with E-state index in [4.69, 9.17) is 4.74 Å². The quantitative estimate of drug-likeness (QED) is 0.629. The Morgan fingerprint density at radius 2 is 1.93 bits per heavy atom. The topological polar surface area (TPSA) is 21.6 Å². The van der Waals surface area contributed by atoms with Crippen molar-refractivity contribution in [2.75, 3.05) is 0 Å². The van der Waals surface area contributed by atoms with E-state index in [2.05, 4.69) is 25.1 Å². The van der Waals surface area contributed by atoms with Gasteiger partial charge in [0.05, 0.1) is 5.60 Å². The lowest BCUT2D eigenvalue weighted by molar-refractivity contribution is -0.0994. The predicted molar refractivity (Wildman–Crippen MR) is 58.6 cm³/mol. The summed E-state index contributed by atoms with van der Waals surface area (Å²) < 4.78 is 6.02. The average molecular weight is 195 g/mol. The smallest absolute Gasteiger partial charge is 0.151 e. The lowest BCUT2D eigenvalue weighted by atomic mass is 9.87. The van der Waals surface area contributed by atoms with E-state index < -0.39 is 0 Å². The first-order valence-electron chi connectivity index (χ1n) is 5.87. The highest BCUT2D eigenvalue weighted by atomic mass is 16.5. The van der Waals surface area contributed by atoms with Gasteiger partial charge in [0.15, 0.2) is 6.23 Å². The van der Waals surface area contributed by atoms with Crippen LogP contribution in [-0.2, 0) is 4.74 Å². The van der Waals surface area contributed by atoms with Gasteiger partial charge in [0.1, 0.15) is 0 Å². The molecule has 0 aromatic heterocycles. The Morgan fingerprint density at radius 3 is 2.57 bits per heavy atom. The van der Waals surface area contributed by atoms with Crippen molar-refractivity contribution in [3.8, 4) is 0 Å². The zero-order valence-electron chi connectivity index (χ0n) is 9.33. The zero-order valence-corrected chi connectivity index (χ0v) is 9.33. The summed E-state index contributed by atoms with van der Waals surface area (Å²) >= 11 is 0. The van der Waals surface area contributed by atoms with Gasteiger partial charge in [-0.05, 0) is 26.7 Å². The van der Waals surface area contributed by atoms with Crippen molar-refractivity contribution in [2.45, 2.75) is 64.2 Å². The molecule has 2 nitrogen and oxygen atoms in total. The van der Waals surface area contributed by atoms with Gasteiger partial charge < -0.3 is 4.74 Å². The van der Waals surface area contributed by atoms with Crippen molar-refractivity contribution in [1.82, 2.24) is 0 Å². The van der Waals surface area contributed by atoms with Crippen molar-refractivity contribution >= 4 is 6.21 Å². The second-order valence-corrected chi connectivity index (χ2v) is 5.20. The molecule has 0 N–H and O–H groups in total. The summed E-state index contributed by atoms with van der Waals surface area (Å²) in [4.78, 5) is 4.50. The largest absolute Gasteiger partial charge is 0.350 e. The van der Waals surface area contributed by atoms with E-state index >= 15 is 0 Å². The van der Waals surface area contributed by atoms with Crippen LogP contribution in [0, 0.1) is 5.92 Å². The maximum absolute atomic E-state index is 6.02. The normalized spacial score (nSPS) is 33.1. The third-order valence-corrected chi connectivity index (χ3v) is 3.33. The summed E-state index contributed by atoms with van der Waals surface area (Å²) in [5, 5.41) is 0. The minimum atomic E-state index is 0.00383. The summed E-state index contributed by atoms with van der Waals surface area (Å²) in [5.74, 6) is 0.680. The van der Waals surface area contributed by atoms with Crippen LogP contribution in [0.15, 0.2) is 4.99 Å². The van der Waals surface area contributed by atoms with Gasteiger partial charge in [-0.3, -0.25) is 4.99 Å². The molecule has 0 spiro atoms. The number of aliphatic imine (C=N–C) groups is 1. The van der Waals surface area contributed by atoms with Crippen LogP contribution in [0.5, 0.6) is 0 Å². The predicted octanol–water partition coefficient (Wildman–Crippen LogP) is 3.16. The van der Waals surface area contributed by atoms with Gasteiger partial charge in [-0.25, -0.2) is 0 Å². The first-order chi connectivity index (χ1) is 6.67. The summed E-state index contributed by atoms with van der Waals surface area (Å²) in [6, 6.07) is 0. The maximum atomic E-state index is 6.02. The van der Waals surface area contributed by atoms with Crippen LogP contribution in [0.2, 0.25) is 0 Å². The lowest BCUT2D eigenvalue weighted by Gasteiger charge is -2.36. The molecule has 1 aliphatic heterocycles. The van der Waals surface area contributed by atoms with Crippen LogP contribution in [0.1, 0.15) is 52.4 Å². The molecule has 1 fully saturated rings. The molecule has 0 saturated heterocycles. The second-order valence-electron chi connectivity index (χ2n) is 5.20. The standard InChI is InChI=1S/C12H21NO/c1-12(2)8-9-13-11(14-12)10-6-4-3-5-7-10/h9-11H,3-8H2,1-2H3. The van der Waals surface area contributed by atoms with E-state index in [1.165, 1.54) is 32.1 Å². The van der Waals surface area contributed by atoms with Crippen molar-refractivity contribution in [1.29, 1.82) is 0 Å². The number of rotatable bonds is 1. The molecular weight excluding hydrogens is 174 g/mol. The molecule has 1 saturated carbocycles. The highest BCUT2D eigenvalue weighted by Gasteiger charge is 2.31. The van der Waals surface area contributed by atoms with Crippen molar-refractivity contribution in [3.63, 3.8) is 0 Å². The molecule has 0 amide bonds. The first-order valence-corrected chi connectivity index (χ1v) is 5.87. The molecular formula is C12H21NO. The molecule has 0 aromatic carbocycles. The van der Waals surface area contributed by atoms with Crippen LogP contribution >= 0.6 is 0 Å². The maximum Gasteiger partial charge on any atom is 0.151 e. The van der Waals surface area contributed by atoms with Crippen LogP contribution in [0.3, 0.4) is 0 Å². The third kappa shape index (κ3) is 2.35. The second kappa shape index (κ2) is 4.01. The molecule has 2 heteroatoms. The van der Waals surface area contributed by atoms with Crippen LogP contribution in [0.25, 0.3) is 0 Å². The van der Waals surface area contributed by atoms with Gasteiger partial charge in [0.25, 0.3) is 0 Å². The van der Waals surface area contributed by atoms with E-state index in [-0.39, 0.29) is 11.8 Å². The van der Waals surface area contributed by atoms with Gasteiger partial charge in [0.2, 0.25) is 0 Å². The summed E-state index contributed by atoms with van der Waals surface area (Å²) in [7, 11) is 0. The van der Waals surface area contributed by atoms with Crippen LogP contribution in [-0.4, -0.2) is 18.0 Å². The van der Waals surface area contributed by atoms with Crippen LogP contribution in [0.4, 0.5) is 0 Å². The first kappa shape index (κ1) is 10.2. The Kier molecular flexibility index (Phi) is 2.91. The molecule has 80 valence electrons. The molecule has 1 unspecified atom stereocenters. The van der Waals surface area contributed by atoms with Gasteiger partial charge in [-0.2, -0.15) is 0 Å². The SMILES string of the molecule is CC1(C)CC=NC(C2CCCCC2)O1. The van der Waals surface area contributed by atoms with E-state index in [1.54, 1.807) is 0 Å². The number of nitrogens with zero attached hydrogens (tertiary/aromatic N) is 1. The Labute approximate surface area is 86.8 Å². The summed E-state index contributed by atoms with van der Waals surface area (Å²) in [6.07, 6.45) is 9.89. The third-order valence-electron chi connectivity index (χ3n) is 3.33. The van der Waals surface area contributed by atoms with E-state index in [1.807, 2.05) is 0 Å². The Morgan fingerprint density at radius 1 is 1.21 bits per heavy atom. The molecule has 0 bridgehead atoms. The molecule has 0 radical (unpaired) electrons. The van der Waals surface area contributed by atoms with Gasteiger partial charge in [-0.1, -0.05) is 19.3 Å². The Balaban J connectivity index is 1.96. The van der Waals surface area contributed by atoms with Crippen molar-refractivity contribution in [3.05, 3.63) is 0 Å². The average Bonchev–Trinajstić information content (AvgIpc) is 2.18. The van der Waals surface area contributed by atoms with E-state index in [0.29, 0.717) is 5.92 Å². The summed E-state index contributed by atoms with van der Waals surface area (Å²) in [5.41, 5.74) is 0.00383. The molecule has 14 heavy (non-hydrogen) atoms. The molecule has 1 heterocycles. The Bertz CT molecular complexity index is 216. The number of ether oxygens (including phenoxy) is 1. The fourth-order valence-electron chi connectivity index (χ4n) is 2.42. The van der Waals surface area contributed by atoms with E-state index in [9.17, 15) is 0 Å². The highest BCUT2D eigenvalue weighted by Crippen LogP contribution is 2.33. The highest BCUT2D eigenvalue weighted by molar-refractivity contribution is 5.59. The fraction of sp³-hybridized carbons (Fsp3) is 0.917. The zero-order chi connectivity index (χ0) is 10.0. The molecule has 1 aliphatic carbocycles. The molecule has 0 aromatic rings. The fourth-order valence-corrected chi connectivity index (χ4v) is 2.42. The molecule has 2 rings (SSSR count). The van der Waals surface area contributed by atoms with Crippen LogP contribution < -0.4 is 0 Å². The van der Waals surface area contributed by atoms with Gasteiger partial charge in [-0.15, -0.1) is 0 Å². The monoisotopic (exact) mass is 195 g/mol. The summed E-state index contributed by atoms with van der Waals surface area (Å²) in [6.45, 7) is 4.32. The molecule has 1 atom stereocenters. The van der Waals surface area contributed by atoms with Gasteiger partial charge in [0, 0.05) is 18.6 Å². The molecule has 2 aliphatic rings.